The van der Waals surface area contributed by atoms with Crippen molar-refractivity contribution < 1.29 is 124 Å². The fourth-order valence-electron chi connectivity index (χ4n) is 4.36. The van der Waals surface area contributed by atoms with E-state index in [2.05, 4.69) is 5.32 Å². The van der Waals surface area contributed by atoms with Gasteiger partial charge in [0.25, 0.3) is 0 Å². The number of phosphoric acid groups is 2. The average Bonchev–Trinajstić information content (AvgIpc) is 3.28. The second-order valence-corrected chi connectivity index (χ2v) is 15.5. The molecule has 0 aliphatic heterocycles. The second-order valence-electron chi connectivity index (χ2n) is 12.7. The summed E-state index contributed by atoms with van der Waals surface area (Å²) in [5.41, 5.74) is 0. The summed E-state index contributed by atoms with van der Waals surface area (Å²) in [6, 6.07) is 0. The number of rotatable bonds is 53. The van der Waals surface area contributed by atoms with Crippen molar-refractivity contribution in [2.24, 2.45) is 0 Å². The van der Waals surface area contributed by atoms with Crippen LogP contribution in [0.25, 0.3) is 0 Å². The highest BCUT2D eigenvalue weighted by Gasteiger charge is 2.28. The number of phosphoric ester groups is 2. The maximum absolute atomic E-state index is 12.6. The Hall–Kier alpha value is -0.990. The van der Waals surface area contributed by atoms with Crippen LogP contribution in [0.2, 0.25) is 0 Å². The molecule has 7 N–H and O–H groups in total. The molecular formula is C36H75NO26P2. The van der Waals surface area contributed by atoms with E-state index in [4.69, 9.17) is 100 Å². The lowest BCUT2D eigenvalue weighted by Crippen LogP contribution is -2.32. The third kappa shape index (κ3) is 45.2. The summed E-state index contributed by atoms with van der Waals surface area (Å²) in [7, 11) is -7.64. The van der Waals surface area contributed by atoms with E-state index < -0.39 is 34.0 Å². The molecule has 27 nitrogen and oxygen atoms in total. The molecule has 65 heavy (non-hydrogen) atoms. The molecule has 29 heteroatoms. The van der Waals surface area contributed by atoms with E-state index in [0.29, 0.717) is 0 Å². The summed E-state index contributed by atoms with van der Waals surface area (Å²) in [5, 5.41) is 37.6. The van der Waals surface area contributed by atoms with Crippen molar-refractivity contribution in [1.82, 2.24) is 5.32 Å². The van der Waals surface area contributed by atoms with Crippen LogP contribution in [-0.4, -0.2) is 266 Å². The first-order valence-electron chi connectivity index (χ1n) is 21.0. The van der Waals surface area contributed by atoms with Crippen molar-refractivity contribution in [3.63, 3.8) is 0 Å². The molecule has 0 rings (SSSR count). The van der Waals surface area contributed by atoms with Crippen LogP contribution < -0.4 is 5.32 Å². The lowest BCUT2D eigenvalue weighted by atomic mass is 10.4. The van der Waals surface area contributed by atoms with Gasteiger partial charge in [-0.2, -0.15) is 0 Å². The zero-order valence-corrected chi connectivity index (χ0v) is 39.2. The molecule has 0 spiro atoms. The van der Waals surface area contributed by atoms with Gasteiger partial charge in [0, 0.05) is 7.05 Å². The number of carbonyl (C=O) groups is 1. The minimum absolute atomic E-state index is 0.0235. The van der Waals surface area contributed by atoms with E-state index in [1.165, 1.54) is 7.05 Å². The molecule has 0 aromatic rings. The van der Waals surface area contributed by atoms with Gasteiger partial charge in [0.15, 0.2) is 0 Å². The number of carbonyl (C=O) groups excluding carboxylic acids is 1. The Morgan fingerprint density at radius 3 is 0.923 bits per heavy atom. The Morgan fingerprint density at radius 1 is 0.400 bits per heavy atom. The van der Waals surface area contributed by atoms with Crippen LogP contribution in [0.5, 0.6) is 0 Å². The van der Waals surface area contributed by atoms with Crippen molar-refractivity contribution >= 4 is 21.6 Å². The lowest BCUT2D eigenvalue weighted by Gasteiger charge is -2.21. The minimum atomic E-state index is -4.55. The molecule has 0 aromatic carbocycles. The summed E-state index contributed by atoms with van der Waals surface area (Å²) < 4.78 is 115. The molecule has 390 valence electrons. The first kappa shape index (κ1) is 64.0. The molecule has 0 aromatic heterocycles. The molecule has 2 unspecified atom stereocenters. The number of likely N-dealkylation sites (N-methyl/N-ethyl adjacent to an activating group) is 1. The van der Waals surface area contributed by atoms with Crippen molar-refractivity contribution in [2.75, 3.05) is 212 Å². The maximum atomic E-state index is 12.6. The standard InChI is InChI=1S/C36H75NO26P2/c1-37-36(42)32-59-33(26-53-20-14-51-22-24-60-64(43,44)62-34(28-55-16-10-47-6-2-38)29-56-17-11-48-7-3-39)27-54-21-15-52-23-25-61-65(45,46)63-35(30-57-18-12-49-8-4-40)31-58-19-13-50-9-5-41/h33-35,38-41H,2-32H2,1H3,(H,37,42)(H,43,44)(H,45,46). The third-order valence-corrected chi connectivity index (χ3v) is 9.40. The van der Waals surface area contributed by atoms with Gasteiger partial charge in [0.05, 0.1) is 198 Å². The van der Waals surface area contributed by atoms with E-state index in [-0.39, 0.29) is 211 Å². The summed E-state index contributed by atoms with van der Waals surface area (Å²) in [6.45, 7) is 0.245. The van der Waals surface area contributed by atoms with Crippen molar-refractivity contribution in [1.29, 1.82) is 0 Å². The third-order valence-electron chi connectivity index (χ3n) is 7.25. The predicted molar refractivity (Wildman–Crippen MR) is 223 cm³/mol. The first-order chi connectivity index (χ1) is 31.5. The average molecular weight is 1000 g/mol. The van der Waals surface area contributed by atoms with Crippen LogP contribution >= 0.6 is 15.6 Å². The Morgan fingerprint density at radius 2 is 0.646 bits per heavy atom. The first-order valence-corrected chi connectivity index (χ1v) is 24.0. The number of nitrogens with one attached hydrogen (secondary N) is 1. The highest BCUT2D eigenvalue weighted by molar-refractivity contribution is 7.47. The number of aliphatic hydroxyl groups excluding tert-OH is 4. The highest BCUT2D eigenvalue weighted by Crippen LogP contribution is 2.45. The normalized spacial score (nSPS) is 14.3. The van der Waals surface area contributed by atoms with E-state index in [9.17, 15) is 23.7 Å². The fourth-order valence-corrected chi connectivity index (χ4v) is 6.08. The second kappa shape index (κ2) is 46.7. The van der Waals surface area contributed by atoms with Crippen LogP contribution in [0.4, 0.5) is 0 Å². The molecule has 0 aliphatic carbocycles. The van der Waals surface area contributed by atoms with Crippen LogP contribution in [-0.2, 0) is 93.6 Å². The van der Waals surface area contributed by atoms with Crippen LogP contribution in [0, 0.1) is 0 Å². The molecule has 0 heterocycles. The zero-order chi connectivity index (χ0) is 48.0. The minimum Gasteiger partial charge on any atom is -0.394 e. The van der Waals surface area contributed by atoms with E-state index in [1.807, 2.05) is 0 Å². The molecule has 0 bridgehead atoms. The van der Waals surface area contributed by atoms with Crippen LogP contribution in [0.15, 0.2) is 0 Å². The Bertz CT molecular complexity index is 1030. The number of hydrogen-bond acceptors (Lipinski definition) is 24. The van der Waals surface area contributed by atoms with Crippen molar-refractivity contribution in [2.45, 2.75) is 18.3 Å². The van der Waals surface area contributed by atoms with Gasteiger partial charge in [-0.3, -0.25) is 22.9 Å². The monoisotopic (exact) mass is 999 g/mol. The van der Waals surface area contributed by atoms with Gasteiger partial charge in [-0.15, -0.1) is 0 Å². The summed E-state index contributed by atoms with van der Waals surface area (Å²) in [5.74, 6) is -0.366. The number of amides is 1. The predicted octanol–water partition coefficient (Wildman–Crippen LogP) is -2.71. The topological polar surface area (TPSA) is 342 Å². The Balaban J connectivity index is 4.53. The highest BCUT2D eigenvalue weighted by atomic mass is 31.2. The maximum Gasteiger partial charge on any atom is 0.472 e. The molecule has 0 radical (unpaired) electrons. The van der Waals surface area contributed by atoms with Gasteiger partial charge in [-0.1, -0.05) is 0 Å². The summed E-state index contributed by atoms with van der Waals surface area (Å²) >= 11 is 0. The SMILES string of the molecule is CNC(=O)COC(COCCOCCOP(=O)(O)OC(COCCOCCO)COCCOCCO)COCCOCCOP(=O)(O)OC(COCCOCCO)COCCOCCO. The van der Waals surface area contributed by atoms with E-state index in [1.54, 1.807) is 0 Å². The molecule has 0 aliphatic rings. The van der Waals surface area contributed by atoms with E-state index >= 15 is 0 Å². The van der Waals surface area contributed by atoms with Gasteiger partial charge >= 0.3 is 15.6 Å². The lowest BCUT2D eigenvalue weighted by molar-refractivity contribution is -0.131. The van der Waals surface area contributed by atoms with Gasteiger partial charge < -0.3 is 97.1 Å². The molecule has 0 saturated heterocycles. The Kier molecular flexibility index (Phi) is 46.0. The molecular weight excluding hydrogens is 924 g/mol. The fraction of sp³-hybridized carbons (Fsp3) is 0.972. The summed E-state index contributed by atoms with van der Waals surface area (Å²) in [4.78, 5) is 32.2. The smallest absolute Gasteiger partial charge is 0.394 e. The van der Waals surface area contributed by atoms with Gasteiger partial charge in [-0.05, 0) is 0 Å². The largest absolute Gasteiger partial charge is 0.472 e. The quantitative estimate of drug-likeness (QED) is 0.0241. The molecule has 1 amide bonds. The van der Waals surface area contributed by atoms with Crippen LogP contribution in [0.1, 0.15) is 0 Å². The van der Waals surface area contributed by atoms with E-state index in [0.717, 1.165) is 0 Å². The van der Waals surface area contributed by atoms with Crippen LogP contribution in [0.3, 0.4) is 0 Å². The van der Waals surface area contributed by atoms with Gasteiger partial charge in [0.1, 0.15) is 24.9 Å². The zero-order valence-electron chi connectivity index (χ0n) is 37.4. The Labute approximate surface area is 380 Å². The molecule has 0 fully saturated rings. The number of ether oxygens (including phenoxy) is 13. The van der Waals surface area contributed by atoms with Crippen molar-refractivity contribution in [3.8, 4) is 0 Å². The van der Waals surface area contributed by atoms with Crippen molar-refractivity contribution in [3.05, 3.63) is 0 Å². The van der Waals surface area contributed by atoms with Gasteiger partial charge in [-0.25, -0.2) is 9.13 Å². The number of hydrogen-bond donors (Lipinski definition) is 7. The van der Waals surface area contributed by atoms with Gasteiger partial charge in [0.2, 0.25) is 5.91 Å². The summed E-state index contributed by atoms with van der Waals surface area (Å²) in [6.07, 6.45) is -2.62. The number of aliphatic hydroxyl groups is 4. The molecule has 0 saturated carbocycles. The molecule has 2 atom stereocenters.